The lowest BCUT2D eigenvalue weighted by Gasteiger charge is -2.13. The van der Waals surface area contributed by atoms with Gasteiger partial charge in [0.25, 0.3) is 5.91 Å². The van der Waals surface area contributed by atoms with Crippen molar-refractivity contribution in [1.29, 1.82) is 0 Å². The Kier molecular flexibility index (Phi) is 5.78. The number of nitrogens with one attached hydrogen (secondary N) is 1. The lowest BCUT2D eigenvalue weighted by Crippen LogP contribution is -2.23. The molecule has 27 heavy (non-hydrogen) atoms. The van der Waals surface area contributed by atoms with Crippen LogP contribution in [0.25, 0.3) is 0 Å². The summed E-state index contributed by atoms with van der Waals surface area (Å²) in [5.41, 5.74) is 2.10. The van der Waals surface area contributed by atoms with Crippen molar-refractivity contribution >= 4 is 5.91 Å². The normalized spacial score (nSPS) is 15.2. The van der Waals surface area contributed by atoms with Crippen molar-refractivity contribution < 1.29 is 27.8 Å². The van der Waals surface area contributed by atoms with E-state index in [2.05, 4.69) is 10.1 Å². The van der Waals surface area contributed by atoms with E-state index in [-0.39, 0.29) is 24.0 Å². The molecule has 0 saturated heterocycles. The number of ether oxygens (including phenoxy) is 3. The number of alkyl halides is 2. The Bertz CT molecular complexity index is 826. The van der Waals surface area contributed by atoms with Crippen molar-refractivity contribution in [1.82, 2.24) is 5.32 Å². The SMILES string of the molecule is CCOc1cc2c(cc1CNC(=O)c1cccc(OC(F)F)c1)O[C@@H](C)C2. The molecule has 7 heteroatoms. The van der Waals surface area contributed by atoms with Crippen LogP contribution in [-0.2, 0) is 13.0 Å². The Labute approximate surface area is 156 Å². The van der Waals surface area contributed by atoms with Gasteiger partial charge in [-0.15, -0.1) is 0 Å². The number of hydrogen-bond acceptors (Lipinski definition) is 4. The lowest BCUT2D eigenvalue weighted by molar-refractivity contribution is -0.0498. The number of carbonyl (C=O) groups excluding carboxylic acids is 1. The Hall–Kier alpha value is -2.83. The molecule has 0 unspecified atom stereocenters. The van der Waals surface area contributed by atoms with E-state index in [4.69, 9.17) is 9.47 Å². The third-order valence-electron chi connectivity index (χ3n) is 4.14. The van der Waals surface area contributed by atoms with Crippen molar-refractivity contribution in [3.8, 4) is 17.2 Å². The Balaban J connectivity index is 1.72. The molecule has 0 spiro atoms. The Morgan fingerprint density at radius 1 is 1.33 bits per heavy atom. The van der Waals surface area contributed by atoms with Gasteiger partial charge in [-0.05, 0) is 44.2 Å². The molecular weight excluding hydrogens is 356 g/mol. The van der Waals surface area contributed by atoms with Crippen LogP contribution in [0.5, 0.6) is 17.2 Å². The summed E-state index contributed by atoms with van der Waals surface area (Å²) in [5, 5.41) is 2.78. The second-order valence-corrected chi connectivity index (χ2v) is 6.22. The summed E-state index contributed by atoms with van der Waals surface area (Å²) in [6.45, 7) is 1.67. The topological polar surface area (TPSA) is 56.8 Å². The molecule has 0 bridgehead atoms. The van der Waals surface area contributed by atoms with Crippen LogP contribution >= 0.6 is 0 Å². The van der Waals surface area contributed by atoms with E-state index >= 15 is 0 Å². The largest absolute Gasteiger partial charge is 0.494 e. The summed E-state index contributed by atoms with van der Waals surface area (Å²) < 4.78 is 40.4. The number of halogens is 2. The predicted octanol–water partition coefficient (Wildman–Crippen LogP) is 3.94. The highest BCUT2D eigenvalue weighted by molar-refractivity contribution is 5.94. The first-order valence-corrected chi connectivity index (χ1v) is 8.74. The van der Waals surface area contributed by atoms with Crippen LogP contribution in [0.3, 0.4) is 0 Å². The number of hydrogen-bond donors (Lipinski definition) is 1. The fraction of sp³-hybridized carbons (Fsp3) is 0.350. The molecule has 0 fully saturated rings. The summed E-state index contributed by atoms with van der Waals surface area (Å²) in [6, 6.07) is 9.49. The molecular formula is C20H21F2NO4. The molecule has 2 aromatic rings. The van der Waals surface area contributed by atoms with E-state index in [1.807, 2.05) is 26.0 Å². The molecule has 1 N–H and O–H groups in total. The maximum absolute atomic E-state index is 12.4. The van der Waals surface area contributed by atoms with Gasteiger partial charge in [-0.3, -0.25) is 4.79 Å². The average Bonchev–Trinajstić information content (AvgIpc) is 2.98. The van der Waals surface area contributed by atoms with Crippen LogP contribution in [0.1, 0.15) is 35.3 Å². The van der Waals surface area contributed by atoms with E-state index in [1.54, 1.807) is 0 Å². The third-order valence-corrected chi connectivity index (χ3v) is 4.14. The first-order valence-electron chi connectivity index (χ1n) is 8.74. The van der Waals surface area contributed by atoms with Gasteiger partial charge in [0.05, 0.1) is 6.61 Å². The van der Waals surface area contributed by atoms with Gasteiger partial charge in [0.1, 0.15) is 23.4 Å². The molecule has 2 aromatic carbocycles. The fourth-order valence-electron chi connectivity index (χ4n) is 3.00. The predicted molar refractivity (Wildman–Crippen MR) is 95.6 cm³/mol. The molecule has 1 amide bonds. The molecule has 1 heterocycles. The van der Waals surface area contributed by atoms with Gasteiger partial charge in [-0.2, -0.15) is 8.78 Å². The maximum atomic E-state index is 12.4. The van der Waals surface area contributed by atoms with Gasteiger partial charge in [-0.1, -0.05) is 6.07 Å². The molecule has 1 aliphatic heterocycles. The summed E-state index contributed by atoms with van der Waals surface area (Å²) in [6.07, 6.45) is 0.927. The zero-order chi connectivity index (χ0) is 19.4. The smallest absolute Gasteiger partial charge is 0.387 e. The average molecular weight is 377 g/mol. The number of carbonyl (C=O) groups is 1. The molecule has 0 aliphatic carbocycles. The van der Waals surface area contributed by atoms with Gasteiger partial charge < -0.3 is 19.5 Å². The Morgan fingerprint density at radius 3 is 2.89 bits per heavy atom. The molecule has 3 rings (SSSR count). The van der Waals surface area contributed by atoms with E-state index < -0.39 is 12.5 Å². The molecule has 1 aliphatic rings. The van der Waals surface area contributed by atoms with Gasteiger partial charge in [0.15, 0.2) is 0 Å². The highest BCUT2D eigenvalue weighted by Gasteiger charge is 2.22. The molecule has 144 valence electrons. The standard InChI is InChI=1S/C20H21F2NO4/c1-3-25-17-9-14-7-12(2)26-18(14)10-15(17)11-23-19(24)13-5-4-6-16(8-13)27-20(21)22/h4-6,8-10,12,20H,3,7,11H2,1-2H3,(H,23,24)/t12-/m0/s1. The molecule has 0 radical (unpaired) electrons. The minimum absolute atomic E-state index is 0.0624. The van der Waals surface area contributed by atoms with E-state index in [0.717, 1.165) is 23.3 Å². The van der Waals surface area contributed by atoms with Crippen LogP contribution in [0.2, 0.25) is 0 Å². The minimum atomic E-state index is -2.94. The molecule has 5 nitrogen and oxygen atoms in total. The summed E-state index contributed by atoms with van der Waals surface area (Å²) in [5.74, 6) is 1.03. The third kappa shape index (κ3) is 4.67. The summed E-state index contributed by atoms with van der Waals surface area (Å²) in [7, 11) is 0. The summed E-state index contributed by atoms with van der Waals surface area (Å²) in [4.78, 5) is 12.4. The summed E-state index contributed by atoms with van der Waals surface area (Å²) >= 11 is 0. The molecule has 0 saturated carbocycles. The van der Waals surface area contributed by atoms with Crippen molar-refractivity contribution in [2.24, 2.45) is 0 Å². The van der Waals surface area contributed by atoms with Crippen LogP contribution < -0.4 is 19.5 Å². The number of fused-ring (bicyclic) bond motifs is 1. The first kappa shape index (κ1) is 18.9. The number of amides is 1. The zero-order valence-corrected chi connectivity index (χ0v) is 15.1. The van der Waals surface area contributed by atoms with Crippen molar-refractivity contribution in [2.75, 3.05) is 6.61 Å². The maximum Gasteiger partial charge on any atom is 0.387 e. The van der Waals surface area contributed by atoms with Gasteiger partial charge in [0, 0.05) is 29.7 Å². The van der Waals surface area contributed by atoms with Crippen LogP contribution in [0, 0.1) is 0 Å². The van der Waals surface area contributed by atoms with Crippen LogP contribution in [-0.4, -0.2) is 25.2 Å². The van der Waals surface area contributed by atoms with E-state index in [1.165, 1.54) is 24.3 Å². The minimum Gasteiger partial charge on any atom is -0.494 e. The number of rotatable bonds is 7. The Morgan fingerprint density at radius 2 is 2.15 bits per heavy atom. The van der Waals surface area contributed by atoms with Crippen LogP contribution in [0.15, 0.2) is 36.4 Å². The molecule has 0 aromatic heterocycles. The van der Waals surface area contributed by atoms with E-state index in [9.17, 15) is 13.6 Å². The fourth-order valence-corrected chi connectivity index (χ4v) is 3.00. The first-order chi connectivity index (χ1) is 13.0. The second kappa shape index (κ2) is 8.24. The van der Waals surface area contributed by atoms with Gasteiger partial charge in [-0.25, -0.2) is 0 Å². The molecule has 1 atom stereocenters. The van der Waals surface area contributed by atoms with Crippen molar-refractivity contribution in [3.63, 3.8) is 0 Å². The highest BCUT2D eigenvalue weighted by atomic mass is 19.3. The van der Waals surface area contributed by atoms with Gasteiger partial charge >= 0.3 is 6.61 Å². The van der Waals surface area contributed by atoms with Crippen molar-refractivity contribution in [3.05, 3.63) is 53.1 Å². The zero-order valence-electron chi connectivity index (χ0n) is 15.1. The second-order valence-electron chi connectivity index (χ2n) is 6.22. The highest BCUT2D eigenvalue weighted by Crippen LogP contribution is 2.35. The number of benzene rings is 2. The van der Waals surface area contributed by atoms with E-state index in [0.29, 0.717) is 12.4 Å². The monoisotopic (exact) mass is 377 g/mol. The quantitative estimate of drug-likeness (QED) is 0.794. The van der Waals surface area contributed by atoms with Gasteiger partial charge in [0.2, 0.25) is 0 Å². The van der Waals surface area contributed by atoms with Crippen molar-refractivity contribution in [2.45, 2.75) is 39.5 Å². The lowest BCUT2D eigenvalue weighted by atomic mass is 10.1. The van der Waals surface area contributed by atoms with Crippen LogP contribution in [0.4, 0.5) is 8.78 Å².